The van der Waals surface area contributed by atoms with Crippen LogP contribution in [0.4, 0.5) is 0 Å². The molecule has 2 heterocycles. The van der Waals surface area contributed by atoms with Crippen LogP contribution in [0, 0.1) is 0 Å². The number of aromatic nitrogens is 2. The van der Waals surface area contributed by atoms with Crippen molar-refractivity contribution in [3.63, 3.8) is 0 Å². The van der Waals surface area contributed by atoms with Gasteiger partial charge in [-0.2, -0.15) is 0 Å². The van der Waals surface area contributed by atoms with Crippen molar-refractivity contribution in [2.45, 2.75) is 25.4 Å². The van der Waals surface area contributed by atoms with Crippen molar-refractivity contribution in [3.8, 4) is 5.75 Å². The summed E-state index contributed by atoms with van der Waals surface area (Å²) in [6, 6.07) is 6.80. The van der Waals surface area contributed by atoms with E-state index in [1.165, 1.54) is 0 Å². The Balaban J connectivity index is 1.91. The molecule has 6 nitrogen and oxygen atoms in total. The van der Waals surface area contributed by atoms with Gasteiger partial charge in [-0.1, -0.05) is 12.1 Å². The second-order valence-corrected chi connectivity index (χ2v) is 4.96. The summed E-state index contributed by atoms with van der Waals surface area (Å²) < 4.78 is 5.43. The fraction of sp³-hybridized carbons (Fsp3) is 0.333. The zero-order chi connectivity index (χ0) is 14.8. The third-order valence-electron chi connectivity index (χ3n) is 3.62. The first-order valence-corrected chi connectivity index (χ1v) is 6.92. The Labute approximate surface area is 122 Å². The predicted octanol–water partition coefficient (Wildman–Crippen LogP) is 1.50. The molecule has 2 atom stereocenters. The van der Waals surface area contributed by atoms with E-state index in [0.29, 0.717) is 13.0 Å². The lowest BCUT2D eigenvalue weighted by Crippen LogP contribution is -2.45. The van der Waals surface area contributed by atoms with Crippen LogP contribution in [0.5, 0.6) is 5.75 Å². The molecule has 2 aromatic rings. The zero-order valence-corrected chi connectivity index (χ0v) is 11.7. The maximum absolute atomic E-state index is 11.3. The molecule has 0 bridgehead atoms. The van der Waals surface area contributed by atoms with Crippen LogP contribution in [-0.4, -0.2) is 33.7 Å². The Morgan fingerprint density at radius 2 is 2.19 bits per heavy atom. The molecular formula is C15H17N3O3. The van der Waals surface area contributed by atoms with Crippen molar-refractivity contribution in [2.24, 2.45) is 0 Å². The van der Waals surface area contributed by atoms with Gasteiger partial charge in [0.15, 0.2) is 0 Å². The van der Waals surface area contributed by atoms with Gasteiger partial charge >= 0.3 is 5.97 Å². The van der Waals surface area contributed by atoms with Crippen molar-refractivity contribution < 1.29 is 14.6 Å². The van der Waals surface area contributed by atoms with Crippen LogP contribution in [0.2, 0.25) is 0 Å². The number of aromatic amines is 1. The van der Waals surface area contributed by atoms with E-state index in [-0.39, 0.29) is 6.04 Å². The smallest absolute Gasteiger partial charge is 0.321 e. The number of hydrogen-bond donors (Lipinski definition) is 3. The number of aliphatic carboxylic acids is 1. The second-order valence-electron chi connectivity index (χ2n) is 4.96. The molecule has 0 fully saturated rings. The summed E-state index contributed by atoms with van der Waals surface area (Å²) in [5.41, 5.74) is 2.70. The molecular weight excluding hydrogens is 270 g/mol. The molecule has 1 aliphatic rings. The number of fused-ring (bicyclic) bond motifs is 1. The van der Waals surface area contributed by atoms with Crippen molar-refractivity contribution in [3.05, 3.63) is 47.5 Å². The molecule has 0 saturated heterocycles. The van der Waals surface area contributed by atoms with E-state index in [1.54, 1.807) is 6.33 Å². The minimum Gasteiger partial charge on any atom is -0.494 e. The highest BCUT2D eigenvalue weighted by Crippen LogP contribution is 2.29. The quantitative estimate of drug-likeness (QED) is 0.793. The van der Waals surface area contributed by atoms with E-state index >= 15 is 0 Å². The summed E-state index contributed by atoms with van der Waals surface area (Å²) in [5.74, 6) is -0.0553. The van der Waals surface area contributed by atoms with Crippen LogP contribution in [0.25, 0.3) is 0 Å². The van der Waals surface area contributed by atoms with Crippen molar-refractivity contribution in [1.82, 2.24) is 15.3 Å². The number of rotatable bonds is 4. The van der Waals surface area contributed by atoms with Gasteiger partial charge in [0.25, 0.3) is 0 Å². The average molecular weight is 287 g/mol. The fourth-order valence-electron chi connectivity index (χ4n) is 2.62. The van der Waals surface area contributed by atoms with Gasteiger partial charge in [-0.3, -0.25) is 10.1 Å². The number of ether oxygens (including phenoxy) is 1. The van der Waals surface area contributed by atoms with Crippen LogP contribution >= 0.6 is 0 Å². The molecule has 3 rings (SSSR count). The first-order valence-electron chi connectivity index (χ1n) is 6.92. The normalized spacial score (nSPS) is 20.8. The molecule has 0 radical (unpaired) electrons. The van der Waals surface area contributed by atoms with Gasteiger partial charge in [0.05, 0.1) is 24.7 Å². The largest absolute Gasteiger partial charge is 0.494 e. The van der Waals surface area contributed by atoms with Crippen molar-refractivity contribution >= 4 is 5.97 Å². The van der Waals surface area contributed by atoms with Crippen LogP contribution < -0.4 is 10.1 Å². The van der Waals surface area contributed by atoms with Crippen molar-refractivity contribution in [1.29, 1.82) is 0 Å². The molecule has 0 saturated carbocycles. The Hall–Kier alpha value is -2.34. The first-order chi connectivity index (χ1) is 10.2. The predicted molar refractivity (Wildman–Crippen MR) is 76.3 cm³/mol. The summed E-state index contributed by atoms with van der Waals surface area (Å²) in [6.07, 6.45) is 2.02. The highest BCUT2D eigenvalue weighted by Gasteiger charge is 2.33. The number of nitrogens with one attached hydrogen (secondary N) is 2. The minimum absolute atomic E-state index is 0.225. The van der Waals surface area contributed by atoms with Gasteiger partial charge < -0.3 is 14.8 Å². The van der Waals surface area contributed by atoms with Gasteiger partial charge in [-0.25, -0.2) is 4.98 Å². The number of H-pyrrole nitrogens is 1. The molecule has 0 spiro atoms. The number of hydrogen-bond acceptors (Lipinski definition) is 4. The van der Waals surface area contributed by atoms with Gasteiger partial charge in [0.1, 0.15) is 11.8 Å². The molecule has 1 aromatic carbocycles. The molecule has 6 heteroatoms. The Morgan fingerprint density at radius 1 is 1.43 bits per heavy atom. The summed E-state index contributed by atoms with van der Waals surface area (Å²) in [5, 5.41) is 12.4. The van der Waals surface area contributed by atoms with Gasteiger partial charge in [-0.05, 0) is 24.6 Å². The fourth-order valence-corrected chi connectivity index (χ4v) is 2.62. The second kappa shape index (κ2) is 5.57. The molecule has 0 aliphatic carbocycles. The first kappa shape index (κ1) is 13.6. The maximum atomic E-state index is 11.3. The SMILES string of the molecule is CCOc1ccc(C2NC(C(=O)O)Cc3[nH]cnc32)cc1. The van der Waals surface area contributed by atoms with E-state index in [2.05, 4.69) is 15.3 Å². The van der Waals surface area contributed by atoms with Crippen LogP contribution in [0.1, 0.15) is 29.9 Å². The molecule has 0 amide bonds. The third kappa shape index (κ3) is 2.62. The Morgan fingerprint density at radius 3 is 2.86 bits per heavy atom. The molecule has 2 unspecified atom stereocenters. The van der Waals surface area contributed by atoms with E-state index in [1.807, 2.05) is 31.2 Å². The average Bonchev–Trinajstić information content (AvgIpc) is 2.95. The van der Waals surface area contributed by atoms with E-state index in [9.17, 15) is 9.90 Å². The van der Waals surface area contributed by atoms with Crippen LogP contribution in [0.15, 0.2) is 30.6 Å². The summed E-state index contributed by atoms with van der Waals surface area (Å²) in [4.78, 5) is 18.6. The standard InChI is InChI=1S/C15H17N3O3/c1-2-21-10-5-3-9(4-6-10)13-14-11(16-8-17-14)7-12(18-13)15(19)20/h3-6,8,12-13,18H,2,7H2,1H3,(H,16,17)(H,19,20). The number of benzene rings is 1. The summed E-state index contributed by atoms with van der Waals surface area (Å²) in [6.45, 7) is 2.55. The van der Waals surface area contributed by atoms with Gasteiger partial charge in [0.2, 0.25) is 0 Å². The van der Waals surface area contributed by atoms with Crippen LogP contribution in [-0.2, 0) is 11.2 Å². The number of imidazole rings is 1. The lowest BCUT2D eigenvalue weighted by Gasteiger charge is -2.28. The van der Waals surface area contributed by atoms with Crippen LogP contribution in [0.3, 0.4) is 0 Å². The number of carbonyl (C=O) groups is 1. The summed E-state index contributed by atoms with van der Waals surface area (Å²) >= 11 is 0. The van der Waals surface area contributed by atoms with E-state index in [4.69, 9.17) is 4.74 Å². The third-order valence-corrected chi connectivity index (χ3v) is 3.62. The topological polar surface area (TPSA) is 87.2 Å². The Bertz CT molecular complexity index is 636. The maximum Gasteiger partial charge on any atom is 0.321 e. The monoisotopic (exact) mass is 287 g/mol. The number of carboxylic acids is 1. The van der Waals surface area contributed by atoms with E-state index in [0.717, 1.165) is 22.7 Å². The molecule has 110 valence electrons. The molecule has 3 N–H and O–H groups in total. The number of nitrogens with zero attached hydrogens (tertiary/aromatic N) is 1. The van der Waals surface area contributed by atoms with Crippen molar-refractivity contribution in [2.75, 3.05) is 6.61 Å². The highest BCUT2D eigenvalue weighted by atomic mass is 16.5. The Kier molecular flexibility index (Phi) is 3.62. The molecule has 1 aromatic heterocycles. The van der Waals surface area contributed by atoms with E-state index < -0.39 is 12.0 Å². The highest BCUT2D eigenvalue weighted by molar-refractivity contribution is 5.74. The molecule has 1 aliphatic heterocycles. The van der Waals surface area contributed by atoms with Gasteiger partial charge in [-0.15, -0.1) is 0 Å². The lowest BCUT2D eigenvalue weighted by atomic mass is 9.94. The zero-order valence-electron chi connectivity index (χ0n) is 11.7. The number of carboxylic acid groups (broad SMARTS) is 1. The lowest BCUT2D eigenvalue weighted by molar-refractivity contribution is -0.139. The molecule has 21 heavy (non-hydrogen) atoms. The minimum atomic E-state index is -0.855. The summed E-state index contributed by atoms with van der Waals surface area (Å²) in [7, 11) is 0. The van der Waals surface area contributed by atoms with Gasteiger partial charge in [0, 0.05) is 12.1 Å².